The van der Waals surface area contributed by atoms with Crippen LogP contribution in [-0.2, 0) is 12.8 Å². The Morgan fingerprint density at radius 1 is 1.09 bits per heavy atom. The lowest BCUT2D eigenvalue weighted by Gasteiger charge is -2.14. The van der Waals surface area contributed by atoms with E-state index in [1.54, 1.807) is 24.3 Å². The molecule has 0 aliphatic heterocycles. The minimum Gasteiger partial charge on any atom is -0.490 e. The highest BCUT2D eigenvalue weighted by Crippen LogP contribution is 2.34. The molecule has 0 fully saturated rings. The molecule has 1 N–H and O–H groups in total. The lowest BCUT2D eigenvalue weighted by molar-refractivity contribution is -0.137. The van der Waals surface area contributed by atoms with Crippen molar-refractivity contribution in [2.24, 2.45) is 5.10 Å². The zero-order valence-electron chi connectivity index (χ0n) is 17.8. The van der Waals surface area contributed by atoms with E-state index in [9.17, 15) is 22.4 Å². The lowest BCUT2D eigenvalue weighted by atomic mass is 10.1. The minimum absolute atomic E-state index is 0.166. The number of nitrogens with zero attached hydrogens (tertiary/aromatic N) is 1. The van der Waals surface area contributed by atoms with Crippen LogP contribution >= 0.6 is 22.6 Å². The van der Waals surface area contributed by atoms with E-state index in [2.05, 4.69) is 33.1 Å². The van der Waals surface area contributed by atoms with Crippen LogP contribution in [0.2, 0.25) is 0 Å². The molecule has 0 bridgehead atoms. The van der Waals surface area contributed by atoms with Gasteiger partial charge in [-0.3, -0.25) is 4.79 Å². The summed E-state index contributed by atoms with van der Waals surface area (Å²) >= 11 is 2.06. The van der Waals surface area contributed by atoms with Crippen molar-refractivity contribution in [2.45, 2.75) is 19.7 Å². The molecule has 34 heavy (non-hydrogen) atoms. The molecule has 0 aromatic heterocycles. The molecule has 0 aliphatic rings. The number of benzene rings is 3. The number of carbonyl (C=O) groups excluding carboxylic acids is 1. The number of amides is 1. The summed E-state index contributed by atoms with van der Waals surface area (Å²) in [6.45, 7) is 2.39. The van der Waals surface area contributed by atoms with E-state index in [4.69, 9.17) is 9.47 Å². The van der Waals surface area contributed by atoms with Gasteiger partial charge >= 0.3 is 6.18 Å². The van der Waals surface area contributed by atoms with Crippen molar-refractivity contribution in [3.05, 3.63) is 92.3 Å². The van der Waals surface area contributed by atoms with Crippen molar-refractivity contribution in [3.63, 3.8) is 0 Å². The van der Waals surface area contributed by atoms with Crippen molar-refractivity contribution < 1.29 is 31.8 Å². The quantitative estimate of drug-likeness (QED) is 0.148. The zero-order valence-corrected chi connectivity index (χ0v) is 20.0. The summed E-state index contributed by atoms with van der Waals surface area (Å²) < 4.78 is 63.9. The molecule has 3 aromatic rings. The average Bonchev–Trinajstić information content (AvgIpc) is 2.79. The van der Waals surface area contributed by atoms with Gasteiger partial charge in [-0.1, -0.05) is 18.2 Å². The molecule has 3 rings (SSSR count). The van der Waals surface area contributed by atoms with E-state index < -0.39 is 17.6 Å². The van der Waals surface area contributed by atoms with Gasteiger partial charge in [0.15, 0.2) is 11.5 Å². The van der Waals surface area contributed by atoms with Crippen LogP contribution in [0.15, 0.2) is 65.8 Å². The third-order valence-corrected chi connectivity index (χ3v) is 5.26. The highest BCUT2D eigenvalue weighted by molar-refractivity contribution is 14.1. The van der Waals surface area contributed by atoms with Crippen LogP contribution in [0.4, 0.5) is 17.6 Å². The summed E-state index contributed by atoms with van der Waals surface area (Å²) in [5, 5.41) is 3.84. The number of nitrogens with one attached hydrogen (secondary N) is 1. The largest absolute Gasteiger partial charge is 0.490 e. The van der Waals surface area contributed by atoms with Crippen molar-refractivity contribution in [1.29, 1.82) is 0 Å². The summed E-state index contributed by atoms with van der Waals surface area (Å²) in [6, 6.07) is 13.4. The van der Waals surface area contributed by atoms with Crippen LogP contribution in [0.3, 0.4) is 0 Å². The fraction of sp³-hybridized carbons (Fsp3) is 0.167. The number of rotatable bonds is 8. The van der Waals surface area contributed by atoms with Gasteiger partial charge in [0.2, 0.25) is 0 Å². The number of hydrogen-bond donors (Lipinski definition) is 1. The van der Waals surface area contributed by atoms with E-state index in [-0.39, 0.29) is 18.0 Å². The maximum Gasteiger partial charge on any atom is 0.416 e. The molecule has 0 radical (unpaired) electrons. The Kier molecular flexibility index (Phi) is 8.48. The van der Waals surface area contributed by atoms with Crippen LogP contribution in [0, 0.1) is 9.39 Å². The predicted molar refractivity (Wildman–Crippen MR) is 128 cm³/mol. The standard InChI is InChI=1S/C24H19F4IN2O3/c1-2-33-21-11-16(10-20(29)22(21)34-14-15-6-8-19(25)9-7-15)13-30-31-23(32)17-4-3-5-18(12-17)24(26,27)28/h3-13H,2,14H2,1H3,(H,31,32)/b30-13-. The van der Waals surface area contributed by atoms with Crippen LogP contribution in [0.5, 0.6) is 11.5 Å². The first-order valence-electron chi connectivity index (χ1n) is 10.0. The van der Waals surface area contributed by atoms with Gasteiger partial charge in [-0.05, 0) is 83.1 Å². The molecule has 0 saturated carbocycles. The van der Waals surface area contributed by atoms with E-state index in [1.807, 2.05) is 6.92 Å². The number of hydrogen-bond acceptors (Lipinski definition) is 4. The topological polar surface area (TPSA) is 59.9 Å². The Hall–Kier alpha value is -3.15. The molecule has 3 aromatic carbocycles. The lowest BCUT2D eigenvalue weighted by Crippen LogP contribution is -2.18. The van der Waals surface area contributed by atoms with Crippen molar-refractivity contribution >= 4 is 34.7 Å². The monoisotopic (exact) mass is 586 g/mol. The van der Waals surface area contributed by atoms with E-state index in [0.717, 1.165) is 23.8 Å². The fourth-order valence-corrected chi connectivity index (χ4v) is 3.65. The Morgan fingerprint density at radius 3 is 2.50 bits per heavy atom. The van der Waals surface area contributed by atoms with Gasteiger partial charge in [-0.15, -0.1) is 0 Å². The highest BCUT2D eigenvalue weighted by atomic mass is 127. The summed E-state index contributed by atoms with van der Waals surface area (Å²) in [7, 11) is 0. The van der Waals surface area contributed by atoms with Crippen molar-refractivity contribution in [1.82, 2.24) is 5.43 Å². The van der Waals surface area contributed by atoms with Gasteiger partial charge in [0.05, 0.1) is 22.0 Å². The normalized spacial score (nSPS) is 11.5. The van der Waals surface area contributed by atoms with Crippen LogP contribution in [0.1, 0.15) is 34.0 Å². The van der Waals surface area contributed by atoms with Gasteiger partial charge in [-0.25, -0.2) is 9.82 Å². The number of alkyl halides is 3. The third kappa shape index (κ3) is 6.92. The van der Waals surface area contributed by atoms with Gasteiger partial charge in [0.1, 0.15) is 12.4 Å². The SMILES string of the molecule is CCOc1cc(/C=N\NC(=O)c2cccc(C(F)(F)F)c2)cc(I)c1OCc1ccc(F)cc1. The summed E-state index contributed by atoms with van der Waals surface area (Å²) in [4.78, 5) is 12.2. The molecule has 0 aliphatic carbocycles. The number of ether oxygens (including phenoxy) is 2. The second-order valence-electron chi connectivity index (χ2n) is 6.96. The van der Waals surface area contributed by atoms with Gasteiger partial charge < -0.3 is 9.47 Å². The van der Waals surface area contributed by atoms with Crippen LogP contribution in [0.25, 0.3) is 0 Å². The van der Waals surface area contributed by atoms with Crippen molar-refractivity contribution in [2.75, 3.05) is 6.61 Å². The molecule has 0 heterocycles. The molecule has 0 saturated heterocycles. The van der Waals surface area contributed by atoms with E-state index in [1.165, 1.54) is 24.4 Å². The summed E-state index contributed by atoms with van der Waals surface area (Å²) in [6.07, 6.45) is -3.20. The minimum atomic E-state index is -4.55. The Bertz CT molecular complexity index is 1180. The van der Waals surface area contributed by atoms with E-state index in [0.29, 0.717) is 27.2 Å². The maximum atomic E-state index is 13.1. The average molecular weight is 586 g/mol. The van der Waals surface area contributed by atoms with Crippen molar-refractivity contribution in [3.8, 4) is 11.5 Å². The molecule has 1 amide bonds. The van der Waals surface area contributed by atoms with Gasteiger partial charge in [0, 0.05) is 5.56 Å². The first-order valence-corrected chi connectivity index (χ1v) is 11.1. The first-order chi connectivity index (χ1) is 16.2. The third-order valence-electron chi connectivity index (χ3n) is 4.46. The molecule has 0 unspecified atom stereocenters. The Morgan fingerprint density at radius 2 is 1.82 bits per heavy atom. The van der Waals surface area contributed by atoms with Gasteiger partial charge in [0.25, 0.3) is 5.91 Å². The van der Waals surface area contributed by atoms with Gasteiger partial charge in [-0.2, -0.15) is 18.3 Å². The molecule has 5 nitrogen and oxygen atoms in total. The second kappa shape index (κ2) is 11.3. The second-order valence-corrected chi connectivity index (χ2v) is 8.12. The molecule has 0 spiro atoms. The smallest absolute Gasteiger partial charge is 0.416 e. The van der Waals surface area contributed by atoms with Crippen LogP contribution < -0.4 is 14.9 Å². The number of hydrazone groups is 1. The van der Waals surface area contributed by atoms with Crippen LogP contribution in [-0.4, -0.2) is 18.7 Å². The molecule has 0 atom stereocenters. The van der Waals surface area contributed by atoms with E-state index >= 15 is 0 Å². The molecule has 10 heteroatoms. The summed E-state index contributed by atoms with van der Waals surface area (Å²) in [5.74, 6) is -0.169. The molecular formula is C24H19F4IN2O3. The highest BCUT2D eigenvalue weighted by Gasteiger charge is 2.30. The summed E-state index contributed by atoms with van der Waals surface area (Å²) in [5.41, 5.74) is 2.49. The first kappa shape index (κ1) is 25.5. The number of halogens is 5. The fourth-order valence-electron chi connectivity index (χ4n) is 2.87. The number of carbonyl (C=O) groups is 1. The molecule has 178 valence electrons. The predicted octanol–water partition coefficient (Wildman–Crippen LogP) is 6.19. The zero-order chi connectivity index (χ0) is 24.7. The Labute approximate surface area is 206 Å². The Balaban J connectivity index is 1.72. The molecular weight excluding hydrogens is 567 g/mol. The maximum absolute atomic E-state index is 13.1.